The fourth-order valence-electron chi connectivity index (χ4n) is 2.55. The Bertz CT molecular complexity index is 479. The van der Waals surface area contributed by atoms with Crippen molar-refractivity contribution < 1.29 is 5.11 Å². The summed E-state index contributed by atoms with van der Waals surface area (Å²) in [5.74, 6) is 0.449. The van der Waals surface area contributed by atoms with Crippen molar-refractivity contribution in [3.05, 3.63) is 41.0 Å². The van der Waals surface area contributed by atoms with E-state index in [1.807, 2.05) is 45.9 Å². The van der Waals surface area contributed by atoms with Gasteiger partial charge in [0.1, 0.15) is 0 Å². The molecule has 1 aromatic carbocycles. The summed E-state index contributed by atoms with van der Waals surface area (Å²) in [6.45, 7) is 17.0. The van der Waals surface area contributed by atoms with E-state index in [4.69, 9.17) is 16.2 Å². The van der Waals surface area contributed by atoms with Crippen molar-refractivity contribution in [3.8, 4) is 0 Å². The van der Waals surface area contributed by atoms with Crippen molar-refractivity contribution in [2.24, 2.45) is 17.1 Å². The van der Waals surface area contributed by atoms with Crippen LogP contribution < -0.4 is 5.73 Å². The molecule has 0 amide bonds. The van der Waals surface area contributed by atoms with Gasteiger partial charge in [-0.25, -0.2) is 0 Å². The Morgan fingerprint density at radius 3 is 1.96 bits per heavy atom. The highest BCUT2D eigenvalue weighted by Crippen LogP contribution is 2.23. The molecule has 138 valence electrons. The first-order chi connectivity index (χ1) is 11.1. The van der Waals surface area contributed by atoms with E-state index in [1.54, 1.807) is 6.08 Å². The highest BCUT2D eigenvalue weighted by Gasteiger charge is 2.13. The molecule has 0 saturated heterocycles. The van der Waals surface area contributed by atoms with Gasteiger partial charge in [-0.1, -0.05) is 59.7 Å². The number of hydrogen-bond acceptors (Lipinski definition) is 3. The van der Waals surface area contributed by atoms with Gasteiger partial charge in [-0.3, -0.25) is 0 Å². The van der Waals surface area contributed by atoms with E-state index in [9.17, 15) is 0 Å². The lowest BCUT2D eigenvalue weighted by molar-refractivity contribution is 0.191. The first-order valence-corrected chi connectivity index (χ1v) is 8.76. The number of aliphatic hydroxyl groups excluding tert-OH is 1. The van der Waals surface area contributed by atoms with Crippen molar-refractivity contribution in [3.63, 3.8) is 0 Å². The molecule has 3 nitrogen and oxygen atoms in total. The van der Waals surface area contributed by atoms with Gasteiger partial charge in [0, 0.05) is 24.1 Å². The van der Waals surface area contributed by atoms with Crippen molar-refractivity contribution in [2.45, 2.75) is 61.8 Å². The summed E-state index contributed by atoms with van der Waals surface area (Å²) in [6.07, 6.45) is 3.92. The van der Waals surface area contributed by atoms with Gasteiger partial charge in [-0.05, 0) is 48.8 Å². The second-order valence-corrected chi connectivity index (χ2v) is 7.11. The lowest BCUT2D eigenvalue weighted by Gasteiger charge is -2.21. The molecule has 1 unspecified atom stereocenters. The van der Waals surface area contributed by atoms with Crippen LogP contribution in [-0.2, 0) is 0 Å². The van der Waals surface area contributed by atoms with Gasteiger partial charge < -0.3 is 16.2 Å². The average molecular weight is 335 g/mol. The zero-order valence-electron chi connectivity index (χ0n) is 16.9. The molecule has 0 aliphatic rings. The van der Waals surface area contributed by atoms with E-state index in [0.717, 1.165) is 23.1 Å². The Kier molecular flexibility index (Phi) is 13.1. The minimum absolute atomic E-state index is 0.317. The number of allylic oxidation sites excluding steroid dienone is 1. The van der Waals surface area contributed by atoms with Crippen molar-refractivity contribution >= 4 is 11.9 Å². The summed E-state index contributed by atoms with van der Waals surface area (Å²) in [4.78, 5) is 0. The highest BCUT2D eigenvalue weighted by molar-refractivity contribution is 5.83. The standard InChI is InChI=1S/C11H14N2.C8H18O.C2H6/c1-8-4-3-5-9(2)11(8)10(13)6-7-12;1-7(6-9)5-8(2,3)4;1-2/h3-7,12H,13H2,1-2H3;7,9H,5-6H2,1-4H3;1-2H3/b10-6-,12-7?;;. The zero-order valence-corrected chi connectivity index (χ0v) is 16.9. The Morgan fingerprint density at radius 2 is 1.67 bits per heavy atom. The van der Waals surface area contributed by atoms with Gasteiger partial charge in [0.25, 0.3) is 0 Å². The fourth-order valence-corrected chi connectivity index (χ4v) is 2.55. The Balaban J connectivity index is 0. The highest BCUT2D eigenvalue weighted by atomic mass is 16.3. The molecule has 0 aliphatic carbocycles. The SMILES string of the molecule is CC.CC(CO)CC(C)(C)C.Cc1cccc(C)c1/C(N)=C/C=N. The molecule has 0 aromatic heterocycles. The number of aryl methyl sites for hydroxylation is 2. The number of rotatable bonds is 4. The van der Waals surface area contributed by atoms with Crippen LogP contribution in [0.2, 0.25) is 0 Å². The summed E-state index contributed by atoms with van der Waals surface area (Å²) < 4.78 is 0. The van der Waals surface area contributed by atoms with Crippen molar-refractivity contribution in [2.75, 3.05) is 6.61 Å². The van der Waals surface area contributed by atoms with Crippen molar-refractivity contribution in [1.29, 1.82) is 5.41 Å². The van der Waals surface area contributed by atoms with Crippen molar-refractivity contribution in [1.82, 2.24) is 0 Å². The smallest absolute Gasteiger partial charge is 0.0456 e. The molecule has 1 aromatic rings. The van der Waals surface area contributed by atoms with Gasteiger partial charge in [0.15, 0.2) is 0 Å². The number of nitrogens with one attached hydrogen (secondary N) is 1. The van der Waals surface area contributed by atoms with Crippen LogP contribution in [0, 0.1) is 30.6 Å². The van der Waals surface area contributed by atoms with Crippen LogP contribution in [-0.4, -0.2) is 17.9 Å². The molecule has 1 rings (SSSR count). The van der Waals surface area contributed by atoms with E-state index in [0.29, 0.717) is 23.6 Å². The van der Waals surface area contributed by atoms with Crippen LogP contribution in [0.1, 0.15) is 64.7 Å². The molecule has 4 N–H and O–H groups in total. The monoisotopic (exact) mass is 334 g/mol. The van der Waals surface area contributed by atoms with Crippen LogP contribution in [0.4, 0.5) is 0 Å². The topological polar surface area (TPSA) is 70.1 Å². The van der Waals surface area contributed by atoms with Gasteiger partial charge in [0.05, 0.1) is 0 Å². The summed E-state index contributed by atoms with van der Waals surface area (Å²) in [5.41, 5.74) is 10.2. The predicted molar refractivity (Wildman–Crippen MR) is 109 cm³/mol. The Hall–Kier alpha value is -1.61. The minimum atomic E-state index is 0.317. The summed E-state index contributed by atoms with van der Waals surface area (Å²) >= 11 is 0. The van der Waals surface area contributed by atoms with E-state index < -0.39 is 0 Å². The van der Waals surface area contributed by atoms with Crippen LogP contribution >= 0.6 is 0 Å². The third kappa shape index (κ3) is 11.0. The van der Waals surface area contributed by atoms with Crippen LogP contribution in [0.3, 0.4) is 0 Å². The van der Waals surface area contributed by atoms with E-state index in [1.165, 1.54) is 6.21 Å². The van der Waals surface area contributed by atoms with E-state index in [-0.39, 0.29) is 0 Å². The predicted octanol–water partition coefficient (Wildman–Crippen LogP) is 5.33. The number of hydrogen-bond donors (Lipinski definition) is 3. The van der Waals surface area contributed by atoms with Crippen LogP contribution in [0.5, 0.6) is 0 Å². The number of nitrogens with two attached hydrogens (primary N) is 1. The molecule has 0 spiro atoms. The zero-order chi connectivity index (χ0) is 19.3. The van der Waals surface area contributed by atoms with Crippen LogP contribution in [0.25, 0.3) is 5.70 Å². The molecule has 0 radical (unpaired) electrons. The third-order valence-electron chi connectivity index (χ3n) is 3.31. The largest absolute Gasteiger partial charge is 0.398 e. The second kappa shape index (κ2) is 12.8. The molecule has 1 atom stereocenters. The molecular weight excluding hydrogens is 296 g/mol. The lowest BCUT2D eigenvalue weighted by atomic mass is 9.86. The Morgan fingerprint density at radius 1 is 1.21 bits per heavy atom. The first-order valence-electron chi connectivity index (χ1n) is 8.76. The van der Waals surface area contributed by atoms with Gasteiger partial charge in [0.2, 0.25) is 0 Å². The lowest BCUT2D eigenvalue weighted by Crippen LogP contribution is -2.13. The maximum atomic E-state index is 8.70. The molecule has 24 heavy (non-hydrogen) atoms. The summed E-state index contributed by atoms with van der Waals surface area (Å²) in [6, 6.07) is 6.05. The van der Waals surface area contributed by atoms with Crippen LogP contribution in [0.15, 0.2) is 24.3 Å². The quantitative estimate of drug-likeness (QED) is 0.651. The second-order valence-electron chi connectivity index (χ2n) is 7.11. The molecule has 0 fully saturated rings. The van der Waals surface area contributed by atoms with Gasteiger partial charge in [-0.15, -0.1) is 0 Å². The molecule has 0 heterocycles. The number of benzene rings is 1. The summed E-state index contributed by atoms with van der Waals surface area (Å²) in [5, 5.41) is 15.6. The van der Waals surface area contributed by atoms with Gasteiger partial charge >= 0.3 is 0 Å². The molecule has 0 saturated carbocycles. The average Bonchev–Trinajstić information content (AvgIpc) is 2.48. The first kappa shape index (κ1) is 24.6. The molecular formula is C21H38N2O. The van der Waals surface area contributed by atoms with E-state index in [2.05, 4.69) is 27.7 Å². The molecule has 0 bridgehead atoms. The fraction of sp³-hybridized carbons (Fsp3) is 0.571. The minimum Gasteiger partial charge on any atom is -0.398 e. The molecule has 0 aliphatic heterocycles. The van der Waals surface area contributed by atoms with E-state index >= 15 is 0 Å². The Labute approximate surface area is 149 Å². The maximum Gasteiger partial charge on any atom is 0.0456 e. The van der Waals surface area contributed by atoms with Gasteiger partial charge in [-0.2, -0.15) is 0 Å². The maximum absolute atomic E-state index is 8.70. The normalized spacial score (nSPS) is 12.3. The number of aliphatic hydroxyl groups is 1. The third-order valence-corrected chi connectivity index (χ3v) is 3.31. The summed E-state index contributed by atoms with van der Waals surface area (Å²) in [7, 11) is 0. The molecule has 3 heteroatoms.